The number of aliphatic hydroxyl groups excluding tert-OH is 1. The van der Waals surface area contributed by atoms with Gasteiger partial charge in [0, 0.05) is 6.54 Å². The van der Waals surface area contributed by atoms with Gasteiger partial charge in [0.15, 0.2) is 5.79 Å². The number of ether oxygens (including phenoxy) is 3. The largest absolute Gasteiger partial charge is 0.387 e. The summed E-state index contributed by atoms with van der Waals surface area (Å²) in [5, 5.41) is 13.4. The van der Waals surface area contributed by atoms with E-state index in [0.717, 1.165) is 19.4 Å². The molecule has 3 heterocycles. The van der Waals surface area contributed by atoms with Crippen LogP contribution in [0.2, 0.25) is 0 Å². The molecule has 3 unspecified atom stereocenters. The molecular formula is C20H35ClN2O5S. The minimum absolute atomic E-state index is 0.0360. The van der Waals surface area contributed by atoms with Crippen LogP contribution in [0.25, 0.3) is 0 Å². The number of nitrogens with one attached hydrogen (secondary N) is 1. The minimum Gasteiger partial charge on any atom is -0.387 e. The second kappa shape index (κ2) is 9.18. The van der Waals surface area contributed by atoms with E-state index in [1.807, 2.05) is 34.1 Å². The van der Waals surface area contributed by atoms with E-state index >= 15 is 0 Å². The zero-order valence-electron chi connectivity index (χ0n) is 18.1. The van der Waals surface area contributed by atoms with Crippen molar-refractivity contribution in [2.45, 2.75) is 93.6 Å². The maximum atomic E-state index is 13.1. The lowest BCUT2D eigenvalue weighted by atomic mass is 9.92. The van der Waals surface area contributed by atoms with Crippen LogP contribution in [0.1, 0.15) is 40.5 Å². The quantitative estimate of drug-likeness (QED) is 0.597. The van der Waals surface area contributed by atoms with E-state index in [4.69, 9.17) is 25.8 Å². The van der Waals surface area contributed by atoms with Gasteiger partial charge in [-0.15, -0.1) is 23.4 Å². The Hall–Kier alpha value is -0.0900. The summed E-state index contributed by atoms with van der Waals surface area (Å²) in [6.45, 7) is 8.56. The first-order chi connectivity index (χ1) is 13.6. The van der Waals surface area contributed by atoms with Gasteiger partial charge in [0.05, 0.1) is 17.5 Å². The molecule has 3 saturated heterocycles. The van der Waals surface area contributed by atoms with Crippen LogP contribution in [0.4, 0.5) is 0 Å². The van der Waals surface area contributed by atoms with Crippen molar-refractivity contribution in [2.75, 3.05) is 19.8 Å². The molecule has 168 valence electrons. The van der Waals surface area contributed by atoms with Crippen molar-refractivity contribution in [1.82, 2.24) is 10.2 Å². The summed E-state index contributed by atoms with van der Waals surface area (Å²) < 4.78 is 18.3. The number of likely N-dealkylation sites (N-methyl/N-ethyl adjacent to an activating group) is 1. The Morgan fingerprint density at radius 1 is 1.38 bits per heavy atom. The zero-order valence-corrected chi connectivity index (χ0v) is 19.7. The molecule has 0 aliphatic carbocycles. The van der Waals surface area contributed by atoms with Gasteiger partial charge in [0.25, 0.3) is 0 Å². The Morgan fingerprint density at radius 3 is 2.59 bits per heavy atom. The molecule has 3 fully saturated rings. The van der Waals surface area contributed by atoms with Crippen molar-refractivity contribution in [2.24, 2.45) is 5.92 Å². The Balaban J connectivity index is 1.79. The van der Waals surface area contributed by atoms with Crippen LogP contribution in [0.15, 0.2) is 0 Å². The number of hydrogen-bond acceptors (Lipinski definition) is 7. The number of aliphatic hydroxyl groups is 1. The van der Waals surface area contributed by atoms with Gasteiger partial charge in [-0.2, -0.15) is 0 Å². The molecule has 9 heteroatoms. The summed E-state index contributed by atoms with van der Waals surface area (Å²) >= 11 is 7.95. The molecule has 0 aromatic heterocycles. The third-order valence-corrected chi connectivity index (χ3v) is 7.43. The molecule has 7 nitrogen and oxygen atoms in total. The van der Waals surface area contributed by atoms with E-state index in [1.54, 1.807) is 0 Å². The second-order valence-corrected chi connectivity index (χ2v) is 10.6. The Morgan fingerprint density at radius 2 is 2.03 bits per heavy atom. The van der Waals surface area contributed by atoms with Gasteiger partial charge < -0.3 is 24.6 Å². The van der Waals surface area contributed by atoms with Crippen LogP contribution >= 0.6 is 23.4 Å². The van der Waals surface area contributed by atoms with Crippen LogP contribution < -0.4 is 5.32 Å². The molecule has 9 atom stereocenters. The molecule has 0 radical (unpaired) electrons. The molecule has 0 spiro atoms. The van der Waals surface area contributed by atoms with Crippen LogP contribution in [-0.4, -0.2) is 88.9 Å². The number of nitrogens with zero attached hydrogens (tertiary/aromatic N) is 1. The number of alkyl halides is 1. The molecule has 0 bridgehead atoms. The van der Waals surface area contributed by atoms with Gasteiger partial charge in [-0.3, -0.25) is 9.69 Å². The SMILES string of the molecule is CC[C@H]1CC(C(=O)N[C@@H]([C@H]2O[C@H](SC)C(O)C3OC(C)(C)O[C@H]32)[C@H](C)Cl)N(C)C1. The number of carbonyl (C=O) groups excluding carboxylic acids is 1. The van der Waals surface area contributed by atoms with Gasteiger partial charge in [-0.1, -0.05) is 13.3 Å². The Kier molecular flexibility index (Phi) is 7.46. The number of likely N-dealkylation sites (tertiary alicyclic amines) is 1. The molecule has 0 aromatic rings. The molecule has 3 rings (SSSR count). The van der Waals surface area contributed by atoms with E-state index in [2.05, 4.69) is 17.1 Å². The van der Waals surface area contributed by atoms with Crippen molar-refractivity contribution in [3.63, 3.8) is 0 Å². The van der Waals surface area contributed by atoms with Gasteiger partial charge in [-0.25, -0.2) is 0 Å². The number of hydrogen-bond donors (Lipinski definition) is 2. The lowest BCUT2D eigenvalue weighted by Gasteiger charge is -2.43. The highest BCUT2D eigenvalue weighted by Crippen LogP contribution is 2.41. The zero-order chi connectivity index (χ0) is 21.5. The lowest BCUT2D eigenvalue weighted by Crippen LogP contribution is -2.64. The maximum absolute atomic E-state index is 13.1. The van der Waals surface area contributed by atoms with Crippen molar-refractivity contribution >= 4 is 29.3 Å². The third kappa shape index (κ3) is 4.89. The minimum atomic E-state index is -0.838. The van der Waals surface area contributed by atoms with Crippen LogP contribution in [0.5, 0.6) is 0 Å². The predicted molar refractivity (Wildman–Crippen MR) is 114 cm³/mol. The Bertz CT molecular complexity index is 595. The highest BCUT2D eigenvalue weighted by Gasteiger charge is 2.57. The topological polar surface area (TPSA) is 80.3 Å². The smallest absolute Gasteiger partial charge is 0.237 e. The third-order valence-electron chi connectivity index (χ3n) is 6.30. The normalized spacial score (nSPS) is 41.7. The van der Waals surface area contributed by atoms with E-state index < -0.39 is 41.7 Å². The van der Waals surface area contributed by atoms with Crippen LogP contribution in [0, 0.1) is 5.92 Å². The maximum Gasteiger partial charge on any atom is 0.237 e. The summed E-state index contributed by atoms with van der Waals surface area (Å²) in [5.41, 5.74) is -0.479. The molecule has 29 heavy (non-hydrogen) atoms. The molecule has 0 aromatic carbocycles. The van der Waals surface area contributed by atoms with E-state index in [0.29, 0.717) is 5.92 Å². The first-order valence-electron chi connectivity index (χ1n) is 10.4. The van der Waals surface area contributed by atoms with Gasteiger partial charge in [0.2, 0.25) is 5.91 Å². The number of rotatable bonds is 6. The molecule has 2 N–H and O–H groups in total. The molecule has 3 aliphatic heterocycles. The van der Waals surface area contributed by atoms with Crippen molar-refractivity contribution in [3.8, 4) is 0 Å². The lowest BCUT2D eigenvalue weighted by molar-refractivity contribution is -0.168. The highest BCUT2D eigenvalue weighted by molar-refractivity contribution is 7.99. The fraction of sp³-hybridized carbons (Fsp3) is 0.950. The van der Waals surface area contributed by atoms with E-state index in [9.17, 15) is 9.90 Å². The molecule has 1 amide bonds. The highest BCUT2D eigenvalue weighted by atomic mass is 35.5. The Labute approximate surface area is 183 Å². The second-order valence-electron chi connectivity index (χ2n) is 8.94. The standard InChI is InChI=1S/C20H35ClN2O5S/c1-7-11-8-12(23(5)9-11)18(25)22-13(10(2)21)15-17-16(27-20(3,4)28-17)14(24)19(26-15)29-6/h10-17,19,24H,7-9H2,1-6H3,(H,22,25)/t10-,11-,12?,13+,14?,15+,16?,17-,19+/m0/s1. The van der Waals surface area contributed by atoms with E-state index in [1.165, 1.54) is 11.8 Å². The van der Waals surface area contributed by atoms with Crippen LogP contribution in [0.3, 0.4) is 0 Å². The van der Waals surface area contributed by atoms with Crippen molar-refractivity contribution < 1.29 is 24.1 Å². The summed E-state index contributed by atoms with van der Waals surface area (Å²) in [7, 11) is 1.99. The molecule has 3 aliphatic rings. The first kappa shape index (κ1) is 23.6. The summed E-state index contributed by atoms with van der Waals surface area (Å²) in [5.74, 6) is -0.345. The summed E-state index contributed by atoms with van der Waals surface area (Å²) in [6.07, 6.45) is 1.40. The van der Waals surface area contributed by atoms with Gasteiger partial charge in [0.1, 0.15) is 29.9 Å². The van der Waals surface area contributed by atoms with Gasteiger partial charge in [-0.05, 0) is 46.4 Å². The monoisotopic (exact) mass is 450 g/mol. The number of amides is 1. The first-order valence-corrected chi connectivity index (χ1v) is 12.2. The number of thioether (sulfide) groups is 1. The predicted octanol–water partition coefficient (Wildman–Crippen LogP) is 1.80. The number of carbonyl (C=O) groups is 1. The molecule has 0 saturated carbocycles. The van der Waals surface area contributed by atoms with Crippen LogP contribution in [-0.2, 0) is 19.0 Å². The molecular weight excluding hydrogens is 416 g/mol. The van der Waals surface area contributed by atoms with Crippen molar-refractivity contribution in [1.29, 1.82) is 0 Å². The summed E-state index contributed by atoms with van der Waals surface area (Å²) in [6, 6.07) is -0.637. The summed E-state index contributed by atoms with van der Waals surface area (Å²) in [4.78, 5) is 15.2. The average molecular weight is 451 g/mol. The van der Waals surface area contributed by atoms with E-state index in [-0.39, 0.29) is 17.3 Å². The van der Waals surface area contributed by atoms with Gasteiger partial charge >= 0.3 is 0 Å². The van der Waals surface area contributed by atoms with Crippen molar-refractivity contribution in [3.05, 3.63) is 0 Å². The fourth-order valence-electron chi connectivity index (χ4n) is 4.71. The number of halogens is 1. The average Bonchev–Trinajstić information content (AvgIpc) is 3.19. The number of fused-ring (bicyclic) bond motifs is 1. The fourth-order valence-corrected chi connectivity index (χ4v) is 5.59.